The molecule has 0 fully saturated rings. The Bertz CT molecular complexity index is 444. The first-order valence-electron chi connectivity index (χ1n) is 5.52. The van der Waals surface area contributed by atoms with Gasteiger partial charge in [0, 0.05) is 13.2 Å². The van der Waals surface area contributed by atoms with Gasteiger partial charge in [-0.05, 0) is 13.3 Å². The molecule has 0 saturated carbocycles. The largest absolute Gasteiger partial charge is 0.480 e. The van der Waals surface area contributed by atoms with E-state index in [0.717, 1.165) is 0 Å². The lowest BCUT2D eigenvalue weighted by Gasteiger charge is -2.24. The number of rotatable bonds is 5. The van der Waals surface area contributed by atoms with Crippen molar-refractivity contribution in [2.24, 2.45) is 7.05 Å². The number of carbonyl (C=O) groups is 2. The normalized spacial score (nSPS) is 13.7. The minimum Gasteiger partial charge on any atom is -0.480 e. The standard InChI is InChI=1S/C10H17N5O3/c1-4-10(2,8(16)17)12-9(18)11-5-7-6-15(3)14-13-7/h6H,4-5H2,1-3H3,(H,16,17)(H2,11,12,18). The highest BCUT2D eigenvalue weighted by atomic mass is 16.4. The second-order valence-corrected chi connectivity index (χ2v) is 4.18. The smallest absolute Gasteiger partial charge is 0.329 e. The summed E-state index contributed by atoms with van der Waals surface area (Å²) in [6.45, 7) is 3.34. The number of aliphatic carboxylic acids is 1. The van der Waals surface area contributed by atoms with Crippen LogP contribution in [-0.4, -0.2) is 37.6 Å². The van der Waals surface area contributed by atoms with E-state index in [1.165, 1.54) is 11.6 Å². The van der Waals surface area contributed by atoms with E-state index in [-0.39, 0.29) is 6.54 Å². The van der Waals surface area contributed by atoms with E-state index in [1.54, 1.807) is 20.2 Å². The van der Waals surface area contributed by atoms with E-state index in [9.17, 15) is 9.59 Å². The van der Waals surface area contributed by atoms with Crippen molar-refractivity contribution < 1.29 is 14.7 Å². The van der Waals surface area contributed by atoms with Gasteiger partial charge in [-0.15, -0.1) is 5.10 Å². The molecular weight excluding hydrogens is 238 g/mol. The number of carboxylic acids is 1. The van der Waals surface area contributed by atoms with Gasteiger partial charge in [-0.3, -0.25) is 4.68 Å². The van der Waals surface area contributed by atoms with Crippen LogP contribution in [0.5, 0.6) is 0 Å². The molecule has 0 aromatic carbocycles. The zero-order chi connectivity index (χ0) is 13.8. The average Bonchev–Trinajstić information content (AvgIpc) is 2.72. The van der Waals surface area contributed by atoms with Gasteiger partial charge in [0.25, 0.3) is 0 Å². The molecule has 0 aliphatic carbocycles. The topological polar surface area (TPSA) is 109 Å². The van der Waals surface area contributed by atoms with Crippen LogP contribution in [0.25, 0.3) is 0 Å². The average molecular weight is 255 g/mol. The molecule has 0 radical (unpaired) electrons. The minimum absolute atomic E-state index is 0.194. The Morgan fingerprint density at radius 2 is 2.22 bits per heavy atom. The van der Waals surface area contributed by atoms with Crippen molar-refractivity contribution in [1.29, 1.82) is 0 Å². The third-order valence-electron chi connectivity index (χ3n) is 2.65. The molecule has 2 amide bonds. The van der Waals surface area contributed by atoms with Crippen LogP contribution in [0, 0.1) is 0 Å². The zero-order valence-corrected chi connectivity index (χ0v) is 10.6. The Kier molecular flexibility index (Phi) is 4.24. The van der Waals surface area contributed by atoms with E-state index in [4.69, 9.17) is 5.11 Å². The van der Waals surface area contributed by atoms with Crippen LogP contribution >= 0.6 is 0 Å². The highest BCUT2D eigenvalue weighted by Crippen LogP contribution is 2.08. The third kappa shape index (κ3) is 3.44. The molecule has 1 aromatic rings. The van der Waals surface area contributed by atoms with Crippen molar-refractivity contribution in [2.45, 2.75) is 32.4 Å². The minimum atomic E-state index is -1.27. The number of urea groups is 1. The van der Waals surface area contributed by atoms with Gasteiger partial charge >= 0.3 is 12.0 Å². The first kappa shape index (κ1) is 13.9. The molecule has 1 rings (SSSR count). The number of hydrogen-bond acceptors (Lipinski definition) is 4. The second-order valence-electron chi connectivity index (χ2n) is 4.18. The predicted octanol–water partition coefficient (Wildman–Crippen LogP) is -0.132. The summed E-state index contributed by atoms with van der Waals surface area (Å²) >= 11 is 0. The van der Waals surface area contributed by atoms with Crippen LogP contribution in [-0.2, 0) is 18.4 Å². The molecule has 3 N–H and O–H groups in total. The lowest BCUT2D eigenvalue weighted by Crippen LogP contribution is -2.54. The Morgan fingerprint density at radius 1 is 1.56 bits per heavy atom. The Labute approximate surface area is 104 Å². The van der Waals surface area contributed by atoms with Crippen molar-refractivity contribution in [3.05, 3.63) is 11.9 Å². The number of aryl methyl sites for hydroxylation is 1. The van der Waals surface area contributed by atoms with E-state index < -0.39 is 17.5 Å². The summed E-state index contributed by atoms with van der Waals surface area (Å²) in [7, 11) is 1.72. The molecule has 1 heterocycles. The molecule has 0 saturated heterocycles. The second kappa shape index (κ2) is 5.48. The number of nitrogens with zero attached hydrogens (tertiary/aromatic N) is 3. The summed E-state index contributed by atoms with van der Waals surface area (Å²) in [5, 5.41) is 21.5. The first-order valence-corrected chi connectivity index (χ1v) is 5.52. The third-order valence-corrected chi connectivity index (χ3v) is 2.65. The highest BCUT2D eigenvalue weighted by molar-refractivity contribution is 5.85. The lowest BCUT2D eigenvalue weighted by atomic mass is 10.00. The number of carbonyl (C=O) groups excluding carboxylic acids is 1. The van der Waals surface area contributed by atoms with Crippen LogP contribution in [0.15, 0.2) is 6.20 Å². The monoisotopic (exact) mass is 255 g/mol. The van der Waals surface area contributed by atoms with Gasteiger partial charge in [0.05, 0.1) is 6.54 Å². The number of amides is 2. The van der Waals surface area contributed by atoms with Crippen molar-refractivity contribution in [2.75, 3.05) is 0 Å². The summed E-state index contributed by atoms with van der Waals surface area (Å²) in [5.41, 5.74) is -0.673. The van der Waals surface area contributed by atoms with E-state index in [0.29, 0.717) is 12.1 Å². The molecule has 8 nitrogen and oxygen atoms in total. The molecule has 0 aliphatic rings. The number of nitrogens with one attached hydrogen (secondary N) is 2. The zero-order valence-electron chi connectivity index (χ0n) is 10.6. The summed E-state index contributed by atoms with van der Waals surface area (Å²) in [6.07, 6.45) is 1.96. The maximum Gasteiger partial charge on any atom is 0.329 e. The van der Waals surface area contributed by atoms with Gasteiger partial charge in [-0.25, -0.2) is 9.59 Å². The molecule has 0 bridgehead atoms. The number of carboxylic acid groups (broad SMARTS) is 1. The van der Waals surface area contributed by atoms with Crippen molar-refractivity contribution in [1.82, 2.24) is 25.6 Å². The van der Waals surface area contributed by atoms with Crippen LogP contribution < -0.4 is 10.6 Å². The molecule has 18 heavy (non-hydrogen) atoms. The van der Waals surface area contributed by atoms with E-state index in [2.05, 4.69) is 20.9 Å². The van der Waals surface area contributed by atoms with Gasteiger partial charge in [-0.1, -0.05) is 12.1 Å². The van der Waals surface area contributed by atoms with Crippen molar-refractivity contribution in [3.63, 3.8) is 0 Å². The predicted molar refractivity (Wildman–Crippen MR) is 62.7 cm³/mol. The fourth-order valence-electron chi connectivity index (χ4n) is 1.23. The van der Waals surface area contributed by atoms with Crippen molar-refractivity contribution in [3.8, 4) is 0 Å². The molecule has 1 unspecified atom stereocenters. The Morgan fingerprint density at radius 3 is 2.67 bits per heavy atom. The van der Waals surface area contributed by atoms with Gasteiger partial charge < -0.3 is 15.7 Å². The van der Waals surface area contributed by atoms with Gasteiger partial charge in [0.1, 0.15) is 11.2 Å². The van der Waals surface area contributed by atoms with E-state index in [1.807, 2.05) is 0 Å². The molecule has 100 valence electrons. The highest BCUT2D eigenvalue weighted by Gasteiger charge is 2.32. The number of aromatic nitrogens is 3. The quantitative estimate of drug-likeness (QED) is 0.679. The van der Waals surface area contributed by atoms with Crippen LogP contribution in [0.3, 0.4) is 0 Å². The summed E-state index contributed by atoms with van der Waals surface area (Å²) < 4.78 is 1.52. The van der Waals surface area contributed by atoms with Crippen LogP contribution in [0.2, 0.25) is 0 Å². The van der Waals surface area contributed by atoms with Crippen LogP contribution in [0.1, 0.15) is 26.0 Å². The first-order chi connectivity index (χ1) is 8.37. The molecule has 1 atom stereocenters. The molecule has 8 heteroatoms. The summed E-state index contributed by atoms with van der Waals surface area (Å²) in [5.74, 6) is -1.07. The van der Waals surface area contributed by atoms with Gasteiger partial charge in [0.2, 0.25) is 0 Å². The van der Waals surface area contributed by atoms with Gasteiger partial charge in [0.15, 0.2) is 0 Å². The maximum absolute atomic E-state index is 11.6. The summed E-state index contributed by atoms with van der Waals surface area (Å²) in [6, 6.07) is -0.549. The molecular formula is C10H17N5O3. The molecule has 0 aliphatic heterocycles. The molecule has 1 aromatic heterocycles. The Hall–Kier alpha value is -2.12. The van der Waals surface area contributed by atoms with E-state index >= 15 is 0 Å². The fourth-order valence-corrected chi connectivity index (χ4v) is 1.23. The van der Waals surface area contributed by atoms with Crippen LogP contribution in [0.4, 0.5) is 4.79 Å². The molecule has 0 spiro atoms. The number of hydrogen-bond donors (Lipinski definition) is 3. The maximum atomic E-state index is 11.6. The fraction of sp³-hybridized carbons (Fsp3) is 0.600. The van der Waals surface area contributed by atoms with Crippen molar-refractivity contribution >= 4 is 12.0 Å². The Balaban J connectivity index is 2.49. The SMILES string of the molecule is CCC(C)(NC(=O)NCc1cn(C)nn1)C(=O)O. The summed E-state index contributed by atoms with van der Waals surface area (Å²) in [4.78, 5) is 22.6. The lowest BCUT2D eigenvalue weighted by molar-refractivity contribution is -0.143. The van der Waals surface area contributed by atoms with Gasteiger partial charge in [-0.2, -0.15) is 0 Å².